The van der Waals surface area contributed by atoms with Crippen molar-refractivity contribution in [2.45, 2.75) is 6.61 Å². The molecule has 32 heavy (non-hydrogen) atoms. The van der Waals surface area contributed by atoms with Crippen molar-refractivity contribution in [3.63, 3.8) is 0 Å². The van der Waals surface area contributed by atoms with Crippen LogP contribution in [-0.2, 0) is 16.1 Å². The highest BCUT2D eigenvalue weighted by Gasteiger charge is 2.24. The van der Waals surface area contributed by atoms with Gasteiger partial charge in [-0.3, -0.25) is 0 Å². The average Bonchev–Trinajstić information content (AvgIpc) is 3.14. The summed E-state index contributed by atoms with van der Waals surface area (Å²) in [6.07, 6.45) is 1.62. The van der Waals surface area contributed by atoms with Gasteiger partial charge in [0.05, 0.1) is 11.6 Å². The van der Waals surface area contributed by atoms with Crippen molar-refractivity contribution in [1.29, 1.82) is 0 Å². The molecule has 0 N–H and O–H groups in total. The Bertz CT molecular complexity index is 1240. The summed E-state index contributed by atoms with van der Waals surface area (Å²) < 4.78 is 31.2. The average molecular weight is 561 g/mol. The fourth-order valence-electron chi connectivity index (χ4n) is 3.01. The quantitative estimate of drug-likeness (QED) is 0.263. The minimum Gasteiger partial charge on any atom is -0.493 e. The summed E-state index contributed by atoms with van der Waals surface area (Å²) in [5.41, 5.74) is 2.36. The molecule has 3 aromatic carbocycles. The van der Waals surface area contributed by atoms with E-state index in [-0.39, 0.29) is 24.0 Å². The van der Waals surface area contributed by atoms with Crippen LogP contribution >= 0.6 is 31.9 Å². The first-order valence-corrected chi connectivity index (χ1v) is 11.0. The maximum absolute atomic E-state index is 13.1. The maximum Gasteiger partial charge on any atom is 0.363 e. The van der Waals surface area contributed by atoms with Crippen molar-refractivity contribution in [3.8, 4) is 11.5 Å². The number of cyclic esters (lactones) is 1. The second-order valence-corrected chi connectivity index (χ2v) is 8.57. The molecule has 0 saturated heterocycles. The van der Waals surface area contributed by atoms with Gasteiger partial charge in [-0.1, -0.05) is 34.1 Å². The summed E-state index contributed by atoms with van der Waals surface area (Å²) in [5, 5.41) is 0. The second kappa shape index (κ2) is 9.67. The van der Waals surface area contributed by atoms with Crippen LogP contribution in [0.15, 0.2) is 80.3 Å². The van der Waals surface area contributed by atoms with Crippen LogP contribution < -0.4 is 9.47 Å². The summed E-state index contributed by atoms with van der Waals surface area (Å²) >= 11 is 6.89. The van der Waals surface area contributed by atoms with Gasteiger partial charge in [0.15, 0.2) is 17.2 Å². The van der Waals surface area contributed by atoms with Crippen molar-refractivity contribution in [3.05, 3.63) is 97.8 Å². The number of carbonyl (C=O) groups excluding carboxylic acids is 1. The van der Waals surface area contributed by atoms with Gasteiger partial charge >= 0.3 is 5.97 Å². The lowest BCUT2D eigenvalue weighted by Gasteiger charge is -2.13. The summed E-state index contributed by atoms with van der Waals surface area (Å²) in [4.78, 5) is 16.7. The number of benzene rings is 3. The standard InChI is InChI=1S/C24H16Br2FNO4/c1-30-21-11-15(9-19(26)22(21)31-13-14-5-7-18(27)8-6-14)10-20-24(29)32-23(28-20)16-3-2-4-17(25)12-16/h2-12H,13H2,1H3/b20-10-. The normalized spacial score (nSPS) is 14.3. The van der Waals surface area contributed by atoms with E-state index in [0.717, 1.165) is 10.0 Å². The first-order valence-electron chi connectivity index (χ1n) is 9.46. The number of methoxy groups -OCH3 is 1. The zero-order valence-electron chi connectivity index (χ0n) is 16.8. The number of carbonyl (C=O) groups is 1. The van der Waals surface area contributed by atoms with Gasteiger partial charge in [-0.05, 0) is 75.6 Å². The van der Waals surface area contributed by atoms with Crippen LogP contribution in [-0.4, -0.2) is 19.0 Å². The maximum atomic E-state index is 13.1. The lowest BCUT2D eigenvalue weighted by Crippen LogP contribution is -2.05. The van der Waals surface area contributed by atoms with Gasteiger partial charge in [0.2, 0.25) is 5.90 Å². The van der Waals surface area contributed by atoms with Crippen LogP contribution in [0.2, 0.25) is 0 Å². The fraction of sp³-hybridized carbons (Fsp3) is 0.0833. The Morgan fingerprint density at radius 1 is 1.09 bits per heavy atom. The molecule has 0 aromatic heterocycles. The number of aliphatic imine (C=N–C) groups is 1. The third-order valence-electron chi connectivity index (χ3n) is 4.54. The van der Waals surface area contributed by atoms with Crippen molar-refractivity contribution in [2.75, 3.05) is 7.11 Å². The van der Waals surface area contributed by atoms with E-state index in [1.807, 2.05) is 24.3 Å². The molecular formula is C24H16Br2FNO4. The largest absolute Gasteiger partial charge is 0.493 e. The molecule has 1 aliphatic heterocycles. The molecule has 162 valence electrons. The monoisotopic (exact) mass is 559 g/mol. The molecule has 0 saturated carbocycles. The van der Waals surface area contributed by atoms with Gasteiger partial charge in [-0.25, -0.2) is 14.2 Å². The Hall–Kier alpha value is -2.97. The van der Waals surface area contributed by atoms with Gasteiger partial charge < -0.3 is 14.2 Å². The molecule has 8 heteroatoms. The molecule has 0 aliphatic carbocycles. The summed E-state index contributed by atoms with van der Waals surface area (Å²) in [6.45, 7) is 0.238. The predicted octanol–water partition coefficient (Wildman–Crippen LogP) is 6.28. The van der Waals surface area contributed by atoms with Crippen LogP contribution in [0.4, 0.5) is 4.39 Å². The van der Waals surface area contributed by atoms with E-state index in [9.17, 15) is 9.18 Å². The highest BCUT2D eigenvalue weighted by Crippen LogP contribution is 2.38. The smallest absolute Gasteiger partial charge is 0.363 e. The lowest BCUT2D eigenvalue weighted by atomic mass is 10.1. The first kappa shape index (κ1) is 22.2. The summed E-state index contributed by atoms with van der Waals surface area (Å²) in [7, 11) is 1.52. The van der Waals surface area contributed by atoms with Gasteiger partial charge in [0, 0.05) is 10.0 Å². The third kappa shape index (κ3) is 5.08. The van der Waals surface area contributed by atoms with Crippen LogP contribution in [0.5, 0.6) is 11.5 Å². The number of hydrogen-bond acceptors (Lipinski definition) is 5. The minimum absolute atomic E-state index is 0.175. The van der Waals surface area contributed by atoms with Gasteiger partial charge in [0.1, 0.15) is 12.4 Å². The topological polar surface area (TPSA) is 57.1 Å². The minimum atomic E-state index is -0.535. The van der Waals surface area contributed by atoms with Crippen molar-refractivity contribution in [1.82, 2.24) is 0 Å². The molecule has 5 nitrogen and oxygen atoms in total. The molecule has 0 fully saturated rings. The van der Waals surface area contributed by atoms with E-state index in [0.29, 0.717) is 27.1 Å². The number of esters is 1. The SMILES string of the molecule is COc1cc(/C=C2\N=C(c3cccc(Br)c3)OC2=O)cc(Br)c1OCc1ccc(F)cc1. The number of halogens is 3. The van der Waals surface area contributed by atoms with Crippen LogP contribution in [0, 0.1) is 5.82 Å². The zero-order valence-corrected chi connectivity index (χ0v) is 19.9. The first-order chi connectivity index (χ1) is 15.4. The Balaban J connectivity index is 1.59. The Kier molecular flexibility index (Phi) is 6.72. The van der Waals surface area contributed by atoms with Crippen molar-refractivity contribution >= 4 is 49.8 Å². The van der Waals surface area contributed by atoms with Gasteiger partial charge in [0.25, 0.3) is 0 Å². The fourth-order valence-corrected chi connectivity index (χ4v) is 3.98. The van der Waals surface area contributed by atoms with E-state index in [1.54, 1.807) is 30.3 Å². The van der Waals surface area contributed by atoms with E-state index in [2.05, 4.69) is 36.9 Å². The predicted molar refractivity (Wildman–Crippen MR) is 126 cm³/mol. The van der Waals surface area contributed by atoms with Gasteiger partial charge in [-0.2, -0.15) is 0 Å². The van der Waals surface area contributed by atoms with E-state index in [1.165, 1.54) is 19.2 Å². The molecule has 0 amide bonds. The molecule has 3 aromatic rings. The van der Waals surface area contributed by atoms with Crippen molar-refractivity contribution < 1.29 is 23.4 Å². The lowest BCUT2D eigenvalue weighted by molar-refractivity contribution is -0.129. The van der Waals surface area contributed by atoms with Gasteiger partial charge in [-0.15, -0.1) is 0 Å². The molecule has 0 unspecified atom stereocenters. The van der Waals surface area contributed by atoms with Crippen molar-refractivity contribution in [2.24, 2.45) is 4.99 Å². The number of ether oxygens (including phenoxy) is 3. The zero-order chi connectivity index (χ0) is 22.7. The number of nitrogens with zero attached hydrogens (tertiary/aromatic N) is 1. The molecule has 0 atom stereocenters. The summed E-state index contributed by atoms with van der Waals surface area (Å²) in [5.74, 6) is 0.364. The van der Waals surface area contributed by atoms with Crippen LogP contribution in [0.3, 0.4) is 0 Å². The molecule has 4 rings (SSSR count). The molecule has 0 radical (unpaired) electrons. The summed E-state index contributed by atoms with van der Waals surface area (Å²) in [6, 6.07) is 16.9. The molecular weight excluding hydrogens is 545 g/mol. The highest BCUT2D eigenvalue weighted by molar-refractivity contribution is 9.10. The van der Waals surface area contributed by atoms with Crippen LogP contribution in [0.1, 0.15) is 16.7 Å². The Labute approximate surface area is 200 Å². The Morgan fingerprint density at radius 3 is 2.59 bits per heavy atom. The molecule has 1 heterocycles. The number of rotatable bonds is 6. The molecule has 1 aliphatic rings. The second-order valence-electron chi connectivity index (χ2n) is 6.80. The molecule has 0 spiro atoms. The Morgan fingerprint density at radius 2 is 1.88 bits per heavy atom. The van der Waals surface area contributed by atoms with Crippen LogP contribution in [0.25, 0.3) is 6.08 Å². The van der Waals surface area contributed by atoms with E-state index < -0.39 is 5.97 Å². The third-order valence-corrected chi connectivity index (χ3v) is 5.63. The van der Waals surface area contributed by atoms with E-state index >= 15 is 0 Å². The highest BCUT2D eigenvalue weighted by atomic mass is 79.9. The molecule has 0 bridgehead atoms. The number of hydrogen-bond donors (Lipinski definition) is 0. The van der Waals surface area contributed by atoms with E-state index in [4.69, 9.17) is 14.2 Å².